The van der Waals surface area contributed by atoms with E-state index in [1.807, 2.05) is 4.57 Å². The Labute approximate surface area is 185 Å². The lowest BCUT2D eigenvalue weighted by Gasteiger charge is -2.12. The van der Waals surface area contributed by atoms with Crippen molar-refractivity contribution in [1.82, 2.24) is 19.3 Å². The summed E-state index contributed by atoms with van der Waals surface area (Å²) in [5, 5.41) is 10.5. The van der Waals surface area contributed by atoms with Crippen molar-refractivity contribution in [3.8, 4) is 17.6 Å². The molecule has 1 aliphatic rings. The Bertz CT molecular complexity index is 1290. The molecule has 3 aromatic rings. The second-order valence-corrected chi connectivity index (χ2v) is 10.1. The van der Waals surface area contributed by atoms with Crippen molar-refractivity contribution in [2.75, 3.05) is 0 Å². The first-order valence-electron chi connectivity index (χ1n) is 10.4. The first-order valence-corrected chi connectivity index (χ1v) is 11.9. The molecule has 10 heteroatoms. The highest BCUT2D eigenvalue weighted by Gasteiger charge is 2.28. The van der Waals surface area contributed by atoms with Gasteiger partial charge in [0.15, 0.2) is 5.82 Å². The third kappa shape index (κ3) is 4.49. The molecule has 0 aliphatic heterocycles. The fourth-order valence-electron chi connectivity index (χ4n) is 3.75. The van der Waals surface area contributed by atoms with Crippen LogP contribution < -0.4 is 4.72 Å². The molecule has 168 valence electrons. The summed E-state index contributed by atoms with van der Waals surface area (Å²) in [5.41, 5.74) is 1.99. The number of benzene rings is 1. The van der Waals surface area contributed by atoms with Crippen LogP contribution in [0.2, 0.25) is 0 Å². The molecule has 0 bridgehead atoms. The van der Waals surface area contributed by atoms with Gasteiger partial charge in [-0.15, -0.1) is 0 Å². The van der Waals surface area contributed by atoms with Crippen molar-refractivity contribution >= 4 is 20.9 Å². The normalized spacial score (nSPS) is 14.4. The molecular formula is C22H23F2N5O2S. The van der Waals surface area contributed by atoms with Crippen molar-refractivity contribution in [3.05, 3.63) is 41.7 Å². The van der Waals surface area contributed by atoms with E-state index in [-0.39, 0.29) is 23.2 Å². The van der Waals surface area contributed by atoms with Gasteiger partial charge in [0.1, 0.15) is 16.7 Å². The maximum absolute atomic E-state index is 12.9. The second kappa shape index (κ2) is 8.56. The standard InChI is InChI=1S/C22H23F2N5O2S/c1-13(2)28-32(30,31)16-10-26-22(27-11-16)21-18(9-25)17-6-5-15(8-20(23)24)7-19(17)29(21)12-14-3-4-14/h5-7,10-11,13-14,20,28H,3-4,8,12H2,1-2H3. The summed E-state index contributed by atoms with van der Waals surface area (Å²) in [6.07, 6.45) is 1.71. The van der Waals surface area contributed by atoms with Crippen LogP contribution in [-0.2, 0) is 23.0 Å². The van der Waals surface area contributed by atoms with Crippen molar-refractivity contribution < 1.29 is 17.2 Å². The van der Waals surface area contributed by atoms with E-state index in [4.69, 9.17) is 0 Å². The maximum atomic E-state index is 12.9. The topological polar surface area (TPSA) is 101 Å². The lowest BCUT2D eigenvalue weighted by molar-refractivity contribution is 0.149. The van der Waals surface area contributed by atoms with Gasteiger partial charge in [-0.05, 0) is 44.2 Å². The maximum Gasteiger partial charge on any atom is 0.243 e. The highest BCUT2D eigenvalue weighted by molar-refractivity contribution is 7.89. The molecular weight excluding hydrogens is 436 g/mol. The van der Waals surface area contributed by atoms with Gasteiger partial charge >= 0.3 is 0 Å². The van der Waals surface area contributed by atoms with E-state index in [0.29, 0.717) is 40.2 Å². The van der Waals surface area contributed by atoms with E-state index < -0.39 is 16.4 Å². The fourth-order valence-corrected chi connectivity index (χ4v) is 4.89. The molecule has 0 spiro atoms. The zero-order valence-electron chi connectivity index (χ0n) is 17.7. The summed E-state index contributed by atoms with van der Waals surface area (Å²) < 4.78 is 55.0. The molecule has 0 saturated heterocycles. The van der Waals surface area contributed by atoms with E-state index >= 15 is 0 Å². The molecule has 2 aromatic heterocycles. The number of hydrogen-bond donors (Lipinski definition) is 1. The number of aromatic nitrogens is 3. The molecule has 7 nitrogen and oxygen atoms in total. The minimum Gasteiger partial charge on any atom is -0.336 e. The summed E-state index contributed by atoms with van der Waals surface area (Å²) in [4.78, 5) is 8.45. The van der Waals surface area contributed by atoms with Crippen molar-refractivity contribution in [2.45, 2.75) is 57.0 Å². The first kappa shape index (κ1) is 22.3. The molecule has 2 heterocycles. The molecule has 0 atom stereocenters. The van der Waals surface area contributed by atoms with Crippen molar-refractivity contribution in [3.63, 3.8) is 0 Å². The number of nitrogens with one attached hydrogen (secondary N) is 1. The Hall–Kier alpha value is -2.90. The summed E-state index contributed by atoms with van der Waals surface area (Å²) in [7, 11) is -3.75. The number of nitriles is 1. The zero-order valence-corrected chi connectivity index (χ0v) is 18.5. The summed E-state index contributed by atoms with van der Waals surface area (Å²) in [5.74, 6) is 0.654. The minimum atomic E-state index is -3.75. The molecule has 1 aliphatic carbocycles. The summed E-state index contributed by atoms with van der Waals surface area (Å²) in [6, 6.07) is 6.90. The number of hydrogen-bond acceptors (Lipinski definition) is 5. The smallest absolute Gasteiger partial charge is 0.243 e. The predicted molar refractivity (Wildman–Crippen MR) is 116 cm³/mol. The fraction of sp³-hybridized carbons (Fsp3) is 0.409. The second-order valence-electron chi connectivity index (χ2n) is 8.35. The van der Waals surface area contributed by atoms with Gasteiger partial charge < -0.3 is 4.57 Å². The third-order valence-corrected chi connectivity index (χ3v) is 6.92. The average molecular weight is 460 g/mol. The molecule has 1 aromatic carbocycles. The number of rotatable bonds is 8. The molecule has 1 saturated carbocycles. The van der Waals surface area contributed by atoms with Crippen LogP contribution >= 0.6 is 0 Å². The lowest BCUT2D eigenvalue weighted by atomic mass is 10.1. The highest BCUT2D eigenvalue weighted by atomic mass is 32.2. The zero-order chi connectivity index (χ0) is 23.0. The Morgan fingerprint density at radius 3 is 2.50 bits per heavy atom. The summed E-state index contributed by atoms with van der Waals surface area (Å²) in [6.45, 7) is 4.04. The van der Waals surface area contributed by atoms with Crippen LogP contribution in [0.25, 0.3) is 22.4 Å². The van der Waals surface area contributed by atoms with Gasteiger partial charge in [0.25, 0.3) is 0 Å². The SMILES string of the molecule is CC(C)NS(=O)(=O)c1cnc(-c2c(C#N)c3ccc(CC(F)F)cc3n2CC2CC2)nc1. The van der Waals surface area contributed by atoms with E-state index in [0.717, 1.165) is 12.8 Å². The minimum absolute atomic E-state index is 0.0717. The van der Waals surface area contributed by atoms with E-state index in [9.17, 15) is 22.5 Å². The van der Waals surface area contributed by atoms with Crippen LogP contribution in [0.3, 0.4) is 0 Å². The highest BCUT2D eigenvalue weighted by Crippen LogP contribution is 2.38. The van der Waals surface area contributed by atoms with Crippen molar-refractivity contribution in [1.29, 1.82) is 5.26 Å². The number of fused-ring (bicyclic) bond motifs is 1. The van der Waals surface area contributed by atoms with E-state index in [1.165, 1.54) is 12.4 Å². The van der Waals surface area contributed by atoms with Crippen LogP contribution in [0, 0.1) is 17.2 Å². The molecule has 32 heavy (non-hydrogen) atoms. The van der Waals surface area contributed by atoms with Crippen LogP contribution in [-0.4, -0.2) is 35.4 Å². The predicted octanol–water partition coefficient (Wildman–Crippen LogP) is 3.87. The van der Waals surface area contributed by atoms with Gasteiger partial charge in [0, 0.05) is 24.4 Å². The number of nitrogens with zero attached hydrogens (tertiary/aromatic N) is 4. The number of alkyl halides is 2. The Balaban J connectivity index is 1.85. The molecule has 0 amide bonds. The lowest BCUT2D eigenvalue weighted by Crippen LogP contribution is -2.30. The van der Waals surface area contributed by atoms with Gasteiger partial charge in [-0.3, -0.25) is 0 Å². The van der Waals surface area contributed by atoms with Gasteiger partial charge in [0.05, 0.1) is 23.5 Å². The molecule has 0 unspecified atom stereocenters. The van der Waals surface area contributed by atoms with Crippen LogP contribution in [0.5, 0.6) is 0 Å². The van der Waals surface area contributed by atoms with Crippen LogP contribution in [0.15, 0.2) is 35.5 Å². The number of sulfonamides is 1. The van der Waals surface area contributed by atoms with E-state index in [2.05, 4.69) is 20.8 Å². The first-order chi connectivity index (χ1) is 15.2. The largest absolute Gasteiger partial charge is 0.336 e. The molecule has 4 rings (SSSR count). The van der Waals surface area contributed by atoms with Gasteiger partial charge in [0.2, 0.25) is 16.4 Å². The van der Waals surface area contributed by atoms with Gasteiger partial charge in [-0.1, -0.05) is 12.1 Å². The van der Waals surface area contributed by atoms with E-state index in [1.54, 1.807) is 32.0 Å². The summed E-state index contributed by atoms with van der Waals surface area (Å²) >= 11 is 0. The quantitative estimate of drug-likeness (QED) is 0.551. The van der Waals surface area contributed by atoms with Crippen LogP contribution in [0.1, 0.15) is 37.8 Å². The van der Waals surface area contributed by atoms with Gasteiger partial charge in [-0.25, -0.2) is 31.9 Å². The van der Waals surface area contributed by atoms with Crippen LogP contribution in [0.4, 0.5) is 8.78 Å². The molecule has 1 N–H and O–H groups in total. The monoisotopic (exact) mass is 459 g/mol. The number of halogens is 2. The Kier molecular flexibility index (Phi) is 5.97. The van der Waals surface area contributed by atoms with Gasteiger partial charge in [-0.2, -0.15) is 5.26 Å². The molecule has 0 radical (unpaired) electrons. The Morgan fingerprint density at radius 2 is 1.94 bits per heavy atom. The molecule has 1 fully saturated rings. The Morgan fingerprint density at radius 1 is 1.25 bits per heavy atom. The van der Waals surface area contributed by atoms with Crippen molar-refractivity contribution in [2.24, 2.45) is 5.92 Å². The third-order valence-electron chi connectivity index (χ3n) is 5.31. The average Bonchev–Trinajstić information content (AvgIpc) is 3.48.